The number of nitrogens with zero attached hydrogens (tertiary/aromatic N) is 2. The summed E-state index contributed by atoms with van der Waals surface area (Å²) >= 11 is 6.53. The number of benzene rings is 1. The minimum atomic E-state index is -4.61. The Morgan fingerprint density at radius 3 is 2.69 bits per heavy atom. The second-order valence-electron chi connectivity index (χ2n) is 6.41. The molecule has 1 aliphatic rings. The molecular formula is C16H16ClF3N3O4S2+. The van der Waals surface area contributed by atoms with Gasteiger partial charge in [-0.3, -0.25) is 10.1 Å². The van der Waals surface area contributed by atoms with Gasteiger partial charge >= 0.3 is 11.9 Å². The van der Waals surface area contributed by atoms with Crippen LogP contribution in [-0.2, 0) is 21.4 Å². The number of nitro groups is 1. The van der Waals surface area contributed by atoms with E-state index in [0.29, 0.717) is 19.5 Å². The van der Waals surface area contributed by atoms with E-state index < -0.39 is 27.6 Å². The normalized spacial score (nSPS) is 18.6. The number of rotatable bonds is 6. The minimum absolute atomic E-state index is 0.108. The van der Waals surface area contributed by atoms with Gasteiger partial charge in [0.05, 0.1) is 22.2 Å². The summed E-state index contributed by atoms with van der Waals surface area (Å²) < 4.78 is 60.6. The van der Waals surface area contributed by atoms with Crippen molar-refractivity contribution in [1.82, 2.24) is 4.90 Å². The van der Waals surface area contributed by atoms with Gasteiger partial charge in [-0.15, -0.1) is 0 Å². The first-order valence-electron chi connectivity index (χ1n) is 8.28. The lowest BCUT2D eigenvalue weighted by molar-refractivity contribution is -0.384. The number of hydrogen-bond acceptors (Lipinski definition) is 6. The van der Waals surface area contributed by atoms with Crippen molar-refractivity contribution in [3.05, 3.63) is 44.3 Å². The Morgan fingerprint density at radius 2 is 2.14 bits per heavy atom. The van der Waals surface area contributed by atoms with E-state index in [4.69, 9.17) is 16.3 Å². The molecule has 0 aliphatic carbocycles. The number of likely N-dealkylation sites (N-methyl/N-ethyl adjacent to an activating group) is 1. The van der Waals surface area contributed by atoms with Crippen molar-refractivity contribution < 1.29 is 27.0 Å². The maximum Gasteiger partial charge on any atom is 0.419 e. The Balaban J connectivity index is 1.84. The van der Waals surface area contributed by atoms with Crippen molar-refractivity contribution >= 4 is 45.3 Å². The first-order valence-corrected chi connectivity index (χ1v) is 10.7. The van der Waals surface area contributed by atoms with E-state index in [1.165, 1.54) is 0 Å². The van der Waals surface area contributed by atoms with E-state index in [0.717, 1.165) is 35.6 Å². The quantitative estimate of drug-likeness (QED) is 0.291. The number of thiol groups is 1. The summed E-state index contributed by atoms with van der Waals surface area (Å²) in [5.41, 5.74) is -1.17. The Bertz CT molecular complexity index is 954. The summed E-state index contributed by atoms with van der Waals surface area (Å²) in [6.45, 7) is 1.22. The zero-order valence-corrected chi connectivity index (χ0v) is 17.4. The largest absolute Gasteiger partial charge is 0.488 e. The monoisotopic (exact) mass is 470 g/mol. The number of halogens is 4. The van der Waals surface area contributed by atoms with E-state index in [9.17, 15) is 27.5 Å². The third-order valence-corrected chi connectivity index (χ3v) is 7.11. The van der Waals surface area contributed by atoms with E-state index in [1.54, 1.807) is 0 Å². The second-order valence-corrected chi connectivity index (χ2v) is 9.66. The fourth-order valence-electron chi connectivity index (χ4n) is 2.84. The van der Waals surface area contributed by atoms with Gasteiger partial charge in [0.1, 0.15) is 11.9 Å². The van der Waals surface area contributed by atoms with E-state index >= 15 is 0 Å². The van der Waals surface area contributed by atoms with Gasteiger partial charge in [-0.2, -0.15) is 13.2 Å². The van der Waals surface area contributed by atoms with Crippen molar-refractivity contribution in [2.24, 2.45) is 0 Å². The summed E-state index contributed by atoms with van der Waals surface area (Å²) in [5.74, 6) is -0.360. The Hall–Kier alpha value is -1.89. The SMILES string of the molecule is CN1CC[C@@H](Oc2cc(N[SH+](=O)c3cc([N+](=O)[O-])c(Cl)s3)ccc2C(F)(F)F)C1. The number of likely N-dealkylation sites (tertiary alicyclic amines) is 1. The van der Waals surface area contributed by atoms with Gasteiger partial charge in [-0.05, 0) is 25.6 Å². The molecule has 2 heterocycles. The highest BCUT2D eigenvalue weighted by atomic mass is 35.5. The average molecular weight is 471 g/mol. The van der Waals surface area contributed by atoms with Gasteiger partial charge in [0, 0.05) is 19.2 Å². The molecule has 1 aliphatic heterocycles. The van der Waals surface area contributed by atoms with Crippen molar-refractivity contribution in [3.63, 3.8) is 0 Å². The van der Waals surface area contributed by atoms with Crippen LogP contribution >= 0.6 is 22.9 Å². The molecule has 2 atom stereocenters. The highest BCUT2D eigenvalue weighted by Crippen LogP contribution is 2.40. The molecule has 0 saturated carbocycles. The molecule has 2 aromatic rings. The van der Waals surface area contributed by atoms with E-state index in [1.807, 2.05) is 11.9 Å². The molecule has 1 unspecified atom stereocenters. The van der Waals surface area contributed by atoms with Crippen LogP contribution in [0.15, 0.2) is 28.5 Å². The maximum absolute atomic E-state index is 13.3. The van der Waals surface area contributed by atoms with Crippen molar-refractivity contribution in [1.29, 1.82) is 0 Å². The molecule has 1 aromatic heterocycles. The van der Waals surface area contributed by atoms with Crippen LogP contribution < -0.4 is 9.46 Å². The number of anilines is 1. The topological polar surface area (TPSA) is 84.7 Å². The minimum Gasteiger partial charge on any atom is -0.488 e. The second kappa shape index (κ2) is 8.46. The zero-order valence-electron chi connectivity index (χ0n) is 14.9. The molecule has 1 aromatic carbocycles. The summed E-state index contributed by atoms with van der Waals surface area (Å²) in [5, 5.41) is 10.9. The van der Waals surface area contributed by atoms with Gasteiger partial charge in [-0.1, -0.05) is 27.1 Å². The molecule has 7 nitrogen and oxygen atoms in total. The smallest absolute Gasteiger partial charge is 0.419 e. The molecular weight excluding hydrogens is 455 g/mol. The molecule has 158 valence electrons. The summed E-state index contributed by atoms with van der Waals surface area (Å²) in [6, 6.07) is 4.20. The van der Waals surface area contributed by atoms with Crippen LogP contribution in [0, 0.1) is 10.1 Å². The van der Waals surface area contributed by atoms with E-state index in [2.05, 4.69) is 4.72 Å². The van der Waals surface area contributed by atoms with Crippen LogP contribution in [0.4, 0.5) is 24.5 Å². The molecule has 3 rings (SSSR count). The molecule has 0 bridgehead atoms. The molecule has 0 amide bonds. The Morgan fingerprint density at radius 1 is 1.41 bits per heavy atom. The predicted octanol–water partition coefficient (Wildman–Crippen LogP) is 4.49. The number of nitrogens with one attached hydrogen (secondary N) is 1. The third kappa shape index (κ3) is 5.18. The van der Waals surface area contributed by atoms with Crippen molar-refractivity contribution in [3.8, 4) is 5.75 Å². The number of hydrogen-bond donors (Lipinski definition) is 1. The molecule has 13 heteroatoms. The number of alkyl halides is 3. The first-order chi connectivity index (χ1) is 13.5. The first kappa shape index (κ1) is 21.8. The van der Waals surface area contributed by atoms with Crippen molar-refractivity contribution in [2.45, 2.75) is 22.9 Å². The summed E-state index contributed by atoms with van der Waals surface area (Å²) in [4.78, 5) is 12.1. The molecule has 1 fully saturated rings. The van der Waals surface area contributed by atoms with Crippen LogP contribution in [0.25, 0.3) is 0 Å². The fraction of sp³-hybridized carbons (Fsp3) is 0.375. The lowest BCUT2D eigenvalue weighted by Gasteiger charge is -2.19. The van der Waals surface area contributed by atoms with Crippen LogP contribution in [0.3, 0.4) is 0 Å². The predicted molar refractivity (Wildman–Crippen MR) is 105 cm³/mol. The molecule has 1 saturated heterocycles. The summed E-state index contributed by atoms with van der Waals surface area (Å²) in [7, 11) is -0.511. The van der Waals surface area contributed by atoms with Crippen LogP contribution in [0.1, 0.15) is 12.0 Å². The zero-order chi connectivity index (χ0) is 21.3. The lowest BCUT2D eigenvalue weighted by Crippen LogP contribution is -2.23. The fourth-order valence-corrected chi connectivity index (χ4v) is 5.43. The standard InChI is InChI=1S/C16H15ClF3N3O4S2/c1-22-5-4-10(8-22)27-13-6-9(2-3-11(13)16(18,19)20)21-29(26)14-7-12(23(24)25)15(17)28-14/h2-3,6-7,10H,4-5,8H2,1H3,(H,21,26)/p+1/t10-,29?/m1/s1. The van der Waals surface area contributed by atoms with Gasteiger partial charge < -0.3 is 9.64 Å². The van der Waals surface area contributed by atoms with Gasteiger partial charge in [0.2, 0.25) is 15.2 Å². The maximum atomic E-state index is 13.3. The Labute approximate surface area is 175 Å². The highest BCUT2D eigenvalue weighted by molar-refractivity contribution is 7.88. The molecule has 1 N–H and O–H groups in total. The van der Waals surface area contributed by atoms with Crippen LogP contribution in [0.2, 0.25) is 4.34 Å². The average Bonchev–Trinajstić information content (AvgIpc) is 3.19. The number of thiophene rings is 1. The summed E-state index contributed by atoms with van der Waals surface area (Å²) in [6.07, 6.45) is -4.40. The third-order valence-electron chi connectivity index (χ3n) is 4.21. The molecule has 29 heavy (non-hydrogen) atoms. The highest BCUT2D eigenvalue weighted by Gasteiger charge is 2.36. The van der Waals surface area contributed by atoms with Crippen molar-refractivity contribution in [2.75, 3.05) is 24.9 Å². The van der Waals surface area contributed by atoms with Gasteiger partial charge in [0.15, 0.2) is 4.34 Å². The lowest BCUT2D eigenvalue weighted by atomic mass is 10.1. The molecule has 0 radical (unpaired) electrons. The van der Waals surface area contributed by atoms with E-state index in [-0.39, 0.29) is 31.8 Å². The van der Waals surface area contributed by atoms with Gasteiger partial charge in [0.25, 0.3) is 0 Å². The van der Waals surface area contributed by atoms with Crippen LogP contribution in [-0.4, -0.2) is 36.1 Å². The van der Waals surface area contributed by atoms with Crippen LogP contribution in [0.5, 0.6) is 5.75 Å². The number of ether oxygens (including phenoxy) is 1. The molecule has 0 spiro atoms. The Kier molecular flexibility index (Phi) is 6.36. The van der Waals surface area contributed by atoms with Gasteiger partial charge in [-0.25, -0.2) is 4.72 Å².